The van der Waals surface area contributed by atoms with Crippen LogP contribution in [0.1, 0.15) is 5.56 Å². The highest BCUT2D eigenvalue weighted by atomic mass is 35.5. The molecule has 0 aliphatic carbocycles. The third kappa shape index (κ3) is 3.96. The van der Waals surface area contributed by atoms with E-state index in [0.717, 1.165) is 5.56 Å². The minimum absolute atomic E-state index is 0. The van der Waals surface area contributed by atoms with Crippen LogP contribution in [-0.2, 0) is 11.2 Å². The van der Waals surface area contributed by atoms with E-state index in [0.29, 0.717) is 11.4 Å². The van der Waals surface area contributed by atoms with E-state index in [1.807, 2.05) is 0 Å². The summed E-state index contributed by atoms with van der Waals surface area (Å²) in [5, 5.41) is 9.18. The van der Waals surface area contributed by atoms with Gasteiger partial charge >= 0.3 is 5.97 Å². The van der Waals surface area contributed by atoms with E-state index in [9.17, 15) is 4.79 Å². The van der Waals surface area contributed by atoms with E-state index < -0.39 is 12.0 Å². The molecule has 1 aromatic carbocycles. The van der Waals surface area contributed by atoms with Gasteiger partial charge in [0.25, 0.3) is 0 Å². The Kier molecular flexibility index (Phi) is 5.53. The minimum Gasteiger partial charge on any atom is -0.480 e. The number of carboxylic acids is 1. The highest BCUT2D eigenvalue weighted by molar-refractivity contribution is 6.30. The summed E-state index contributed by atoms with van der Waals surface area (Å²) in [6.07, 6.45) is 0.326. The van der Waals surface area contributed by atoms with Crippen LogP contribution >= 0.6 is 24.0 Å². The second kappa shape index (κ2) is 5.86. The van der Waals surface area contributed by atoms with Crippen LogP contribution in [0.25, 0.3) is 0 Å². The van der Waals surface area contributed by atoms with Crippen molar-refractivity contribution in [3.8, 4) is 0 Å². The molecule has 3 nitrogen and oxygen atoms in total. The molecule has 0 aromatic heterocycles. The fourth-order valence-corrected chi connectivity index (χ4v) is 1.09. The van der Waals surface area contributed by atoms with Crippen LogP contribution in [0.3, 0.4) is 0 Å². The highest BCUT2D eigenvalue weighted by Gasteiger charge is 2.11. The van der Waals surface area contributed by atoms with Crippen LogP contribution < -0.4 is 5.73 Å². The van der Waals surface area contributed by atoms with Crippen LogP contribution in [-0.4, -0.2) is 17.1 Å². The van der Waals surface area contributed by atoms with Crippen LogP contribution in [0.2, 0.25) is 5.02 Å². The molecular weight excluding hydrogens is 225 g/mol. The van der Waals surface area contributed by atoms with Gasteiger partial charge in [-0.15, -0.1) is 12.4 Å². The normalized spacial score (nSPS) is 11.6. The molecule has 1 aromatic rings. The molecule has 0 aliphatic rings. The molecule has 1 atom stereocenters. The molecule has 0 bridgehead atoms. The number of carboxylic acid groups (broad SMARTS) is 1. The smallest absolute Gasteiger partial charge is 0.320 e. The highest BCUT2D eigenvalue weighted by Crippen LogP contribution is 2.10. The van der Waals surface area contributed by atoms with E-state index in [1.165, 1.54) is 0 Å². The molecular formula is C9H11Cl2NO2. The van der Waals surface area contributed by atoms with Gasteiger partial charge in [0.1, 0.15) is 6.04 Å². The third-order valence-electron chi connectivity index (χ3n) is 1.69. The fraction of sp³-hybridized carbons (Fsp3) is 0.222. The molecule has 5 heteroatoms. The van der Waals surface area contributed by atoms with Crippen molar-refractivity contribution in [1.82, 2.24) is 0 Å². The van der Waals surface area contributed by atoms with Gasteiger partial charge in [-0.25, -0.2) is 0 Å². The molecule has 0 saturated carbocycles. The Labute approximate surface area is 93.3 Å². The third-order valence-corrected chi connectivity index (χ3v) is 1.94. The predicted molar refractivity (Wildman–Crippen MR) is 58.0 cm³/mol. The fourth-order valence-electron chi connectivity index (χ4n) is 0.962. The van der Waals surface area contributed by atoms with Crippen LogP contribution in [0.5, 0.6) is 0 Å². The topological polar surface area (TPSA) is 63.3 Å². The molecule has 0 heterocycles. The number of nitrogens with two attached hydrogens (primary N) is 1. The average Bonchev–Trinajstić information content (AvgIpc) is 2.08. The summed E-state index contributed by atoms with van der Waals surface area (Å²) in [4.78, 5) is 10.4. The van der Waals surface area contributed by atoms with Crippen molar-refractivity contribution in [2.24, 2.45) is 5.73 Å². The summed E-state index contributed by atoms with van der Waals surface area (Å²) in [6.45, 7) is 0. The summed E-state index contributed by atoms with van der Waals surface area (Å²) in [5.74, 6) is -0.991. The van der Waals surface area contributed by atoms with Gasteiger partial charge in [-0.3, -0.25) is 4.79 Å². The number of benzene rings is 1. The van der Waals surface area contributed by atoms with Crippen molar-refractivity contribution >= 4 is 30.0 Å². The monoisotopic (exact) mass is 235 g/mol. The molecule has 78 valence electrons. The van der Waals surface area contributed by atoms with Gasteiger partial charge in [-0.1, -0.05) is 23.7 Å². The molecule has 3 N–H and O–H groups in total. The van der Waals surface area contributed by atoms with Gasteiger partial charge in [0, 0.05) is 5.02 Å². The van der Waals surface area contributed by atoms with Gasteiger partial charge in [0.15, 0.2) is 0 Å². The number of rotatable bonds is 3. The maximum absolute atomic E-state index is 10.4. The number of aliphatic carboxylic acids is 1. The predicted octanol–water partition coefficient (Wildman–Crippen LogP) is 1.72. The Morgan fingerprint density at radius 2 is 1.93 bits per heavy atom. The molecule has 0 radical (unpaired) electrons. The standard InChI is InChI=1S/C9H10ClNO2.ClH/c10-7-3-1-6(2-4-7)5-8(11)9(12)13;/h1-4,8H,5,11H2,(H,12,13);1H/t8-;/m1./s1. The van der Waals surface area contributed by atoms with Gasteiger partial charge in [0.05, 0.1) is 0 Å². The zero-order chi connectivity index (χ0) is 9.84. The van der Waals surface area contributed by atoms with E-state index in [4.69, 9.17) is 22.4 Å². The van der Waals surface area contributed by atoms with Crippen molar-refractivity contribution in [2.45, 2.75) is 12.5 Å². The Bertz CT molecular complexity index is 300. The van der Waals surface area contributed by atoms with Crippen molar-refractivity contribution in [3.05, 3.63) is 34.9 Å². The summed E-state index contributed by atoms with van der Waals surface area (Å²) >= 11 is 5.66. The molecule has 1 rings (SSSR count). The maximum atomic E-state index is 10.4. The van der Waals surface area contributed by atoms with Crippen molar-refractivity contribution < 1.29 is 9.90 Å². The number of hydrogen-bond donors (Lipinski definition) is 2. The SMILES string of the molecule is Cl.N[C@H](Cc1ccc(Cl)cc1)C(=O)O. The maximum Gasteiger partial charge on any atom is 0.320 e. The molecule has 0 saturated heterocycles. The number of halogens is 2. The summed E-state index contributed by atoms with van der Waals surface area (Å²) in [7, 11) is 0. The lowest BCUT2D eigenvalue weighted by atomic mass is 10.1. The lowest BCUT2D eigenvalue weighted by Crippen LogP contribution is -2.32. The molecule has 0 amide bonds. The van der Waals surface area contributed by atoms with E-state index in [-0.39, 0.29) is 12.4 Å². The van der Waals surface area contributed by atoms with Gasteiger partial charge in [-0.2, -0.15) is 0 Å². The summed E-state index contributed by atoms with van der Waals surface area (Å²) in [6, 6.07) is 6.12. The lowest BCUT2D eigenvalue weighted by Gasteiger charge is -2.05. The lowest BCUT2D eigenvalue weighted by molar-refractivity contribution is -0.138. The van der Waals surface area contributed by atoms with E-state index >= 15 is 0 Å². The Hall–Kier alpha value is -0.770. The molecule has 14 heavy (non-hydrogen) atoms. The van der Waals surface area contributed by atoms with Crippen LogP contribution in [0.15, 0.2) is 24.3 Å². The summed E-state index contributed by atoms with van der Waals surface area (Å²) in [5.41, 5.74) is 6.23. The number of carbonyl (C=O) groups is 1. The zero-order valence-corrected chi connectivity index (χ0v) is 8.89. The average molecular weight is 236 g/mol. The first-order chi connectivity index (χ1) is 6.09. The first kappa shape index (κ1) is 13.2. The van der Waals surface area contributed by atoms with Gasteiger partial charge in [-0.05, 0) is 24.1 Å². The van der Waals surface area contributed by atoms with Crippen molar-refractivity contribution in [2.75, 3.05) is 0 Å². The van der Waals surface area contributed by atoms with Crippen LogP contribution in [0.4, 0.5) is 0 Å². The number of hydrogen-bond acceptors (Lipinski definition) is 2. The van der Waals surface area contributed by atoms with Gasteiger partial charge in [0.2, 0.25) is 0 Å². The molecule has 0 aliphatic heterocycles. The molecule has 0 unspecified atom stereocenters. The zero-order valence-electron chi connectivity index (χ0n) is 7.31. The summed E-state index contributed by atoms with van der Waals surface area (Å²) < 4.78 is 0. The van der Waals surface area contributed by atoms with Crippen molar-refractivity contribution in [3.63, 3.8) is 0 Å². The second-order valence-corrected chi connectivity index (χ2v) is 3.21. The minimum atomic E-state index is -0.991. The Balaban J connectivity index is 0.00000169. The van der Waals surface area contributed by atoms with Crippen molar-refractivity contribution in [1.29, 1.82) is 0 Å². The largest absolute Gasteiger partial charge is 0.480 e. The second-order valence-electron chi connectivity index (χ2n) is 2.78. The molecule has 0 spiro atoms. The van der Waals surface area contributed by atoms with E-state index in [1.54, 1.807) is 24.3 Å². The Morgan fingerprint density at radius 3 is 2.36 bits per heavy atom. The Morgan fingerprint density at radius 1 is 1.43 bits per heavy atom. The molecule has 0 fully saturated rings. The van der Waals surface area contributed by atoms with Crippen LogP contribution in [0, 0.1) is 0 Å². The first-order valence-electron chi connectivity index (χ1n) is 3.82. The first-order valence-corrected chi connectivity index (χ1v) is 4.20. The van der Waals surface area contributed by atoms with Gasteiger partial charge < -0.3 is 10.8 Å². The quantitative estimate of drug-likeness (QED) is 0.839. The van der Waals surface area contributed by atoms with E-state index in [2.05, 4.69) is 0 Å².